The van der Waals surface area contributed by atoms with Gasteiger partial charge in [-0.2, -0.15) is 10.1 Å². The predicted octanol–water partition coefficient (Wildman–Crippen LogP) is 4.35. The minimum atomic E-state index is -0.0556. The third kappa shape index (κ3) is 5.49. The Morgan fingerprint density at radius 1 is 1.06 bits per heavy atom. The summed E-state index contributed by atoms with van der Waals surface area (Å²) in [6.07, 6.45) is 4.37. The van der Waals surface area contributed by atoms with Crippen LogP contribution in [0.25, 0.3) is 11.4 Å². The molecule has 0 aliphatic carbocycles. The molecule has 7 nitrogen and oxygen atoms in total. The van der Waals surface area contributed by atoms with Gasteiger partial charge in [0.1, 0.15) is 0 Å². The number of nitrogens with zero attached hydrogens (tertiary/aromatic N) is 4. The van der Waals surface area contributed by atoms with E-state index in [1.54, 1.807) is 6.20 Å². The molecule has 1 amide bonds. The molecule has 4 aromatic rings. The van der Waals surface area contributed by atoms with E-state index in [0.717, 1.165) is 16.7 Å². The Morgan fingerprint density at radius 3 is 2.56 bits per heavy atom. The molecule has 0 fully saturated rings. The molecule has 0 saturated heterocycles. The van der Waals surface area contributed by atoms with Gasteiger partial charge in [-0.15, -0.1) is 0 Å². The van der Waals surface area contributed by atoms with Gasteiger partial charge < -0.3 is 9.84 Å². The fourth-order valence-corrected chi connectivity index (χ4v) is 3.45. The van der Waals surface area contributed by atoms with E-state index in [1.807, 2.05) is 47.3 Å². The van der Waals surface area contributed by atoms with Crippen molar-refractivity contribution >= 4 is 5.91 Å². The second kappa shape index (κ2) is 10.0. The minimum absolute atomic E-state index is 0.0556. The number of amides is 1. The number of aryl methyl sites for hydroxylation is 1. The fraction of sp³-hybridized carbons (Fsp3) is 0.280. The molecule has 0 aliphatic rings. The molecule has 2 aromatic carbocycles. The van der Waals surface area contributed by atoms with Crippen molar-refractivity contribution in [1.29, 1.82) is 0 Å². The number of carbonyl (C=O) groups is 1. The van der Waals surface area contributed by atoms with Crippen molar-refractivity contribution in [3.63, 3.8) is 0 Å². The highest BCUT2D eigenvalue weighted by molar-refractivity contribution is 5.76. The summed E-state index contributed by atoms with van der Waals surface area (Å²) in [7, 11) is 0. The number of rotatable bonds is 9. The van der Waals surface area contributed by atoms with Gasteiger partial charge in [0, 0.05) is 37.3 Å². The summed E-state index contributed by atoms with van der Waals surface area (Å²) >= 11 is 0. The van der Waals surface area contributed by atoms with Crippen LogP contribution in [0, 0.1) is 0 Å². The molecule has 0 atom stereocenters. The third-order valence-corrected chi connectivity index (χ3v) is 5.36. The summed E-state index contributed by atoms with van der Waals surface area (Å²) in [5, 5.41) is 11.3. The molecule has 0 unspecified atom stereocenters. The van der Waals surface area contributed by atoms with E-state index in [1.165, 1.54) is 5.56 Å². The van der Waals surface area contributed by atoms with Gasteiger partial charge in [0.05, 0.1) is 6.54 Å². The lowest BCUT2D eigenvalue weighted by atomic mass is 10.0. The summed E-state index contributed by atoms with van der Waals surface area (Å²) in [6.45, 7) is 5.45. The Balaban J connectivity index is 1.29. The van der Waals surface area contributed by atoms with Crippen molar-refractivity contribution in [3.05, 3.63) is 89.6 Å². The maximum Gasteiger partial charge on any atom is 0.227 e. The van der Waals surface area contributed by atoms with Gasteiger partial charge in [-0.3, -0.25) is 9.48 Å². The van der Waals surface area contributed by atoms with E-state index in [-0.39, 0.29) is 12.3 Å². The topological polar surface area (TPSA) is 85.8 Å². The first kappa shape index (κ1) is 21.5. The van der Waals surface area contributed by atoms with Crippen LogP contribution in [-0.2, 0) is 24.3 Å². The van der Waals surface area contributed by atoms with Crippen LogP contribution in [0.4, 0.5) is 0 Å². The van der Waals surface area contributed by atoms with Crippen molar-refractivity contribution < 1.29 is 9.32 Å². The minimum Gasteiger partial charge on any atom is -0.352 e. The quantitative estimate of drug-likeness (QED) is 0.427. The first-order valence-electron chi connectivity index (χ1n) is 10.8. The molecule has 0 aliphatic heterocycles. The van der Waals surface area contributed by atoms with Crippen molar-refractivity contribution in [3.8, 4) is 11.4 Å². The second-order valence-electron chi connectivity index (χ2n) is 8.04. The van der Waals surface area contributed by atoms with Crippen LogP contribution in [-0.4, -0.2) is 25.8 Å². The number of aromatic nitrogens is 4. The molecule has 7 heteroatoms. The van der Waals surface area contributed by atoms with Gasteiger partial charge in [0.25, 0.3) is 0 Å². The summed E-state index contributed by atoms with van der Waals surface area (Å²) in [5.41, 5.74) is 4.37. The predicted molar refractivity (Wildman–Crippen MR) is 122 cm³/mol. The summed E-state index contributed by atoms with van der Waals surface area (Å²) in [6, 6.07) is 18.1. The summed E-state index contributed by atoms with van der Waals surface area (Å²) < 4.78 is 7.20. The molecule has 4 rings (SSSR count). The van der Waals surface area contributed by atoms with Gasteiger partial charge in [0.15, 0.2) is 0 Å². The van der Waals surface area contributed by atoms with Crippen LogP contribution in [0.3, 0.4) is 0 Å². The van der Waals surface area contributed by atoms with Gasteiger partial charge in [-0.05, 0) is 28.7 Å². The summed E-state index contributed by atoms with van der Waals surface area (Å²) in [5.74, 6) is 1.42. The largest absolute Gasteiger partial charge is 0.352 e. The Bertz CT molecular complexity index is 1150. The molecule has 1 N–H and O–H groups in total. The Kier molecular flexibility index (Phi) is 6.75. The Labute approximate surface area is 187 Å². The maximum absolute atomic E-state index is 12.4. The average molecular weight is 430 g/mol. The normalized spacial score (nSPS) is 11.1. The van der Waals surface area contributed by atoms with E-state index in [9.17, 15) is 4.79 Å². The molecular formula is C25H27N5O2. The molecular weight excluding hydrogens is 402 g/mol. The van der Waals surface area contributed by atoms with Gasteiger partial charge in [-0.25, -0.2) is 0 Å². The molecule has 0 spiro atoms. The van der Waals surface area contributed by atoms with Crippen LogP contribution in [0.2, 0.25) is 0 Å². The van der Waals surface area contributed by atoms with Gasteiger partial charge >= 0.3 is 0 Å². The SMILES string of the molecule is CC(C)c1ccc(-c2noc(CCC(=O)NCc3ccccc3Cn3cccn3)n2)cc1. The van der Waals surface area contributed by atoms with Crippen molar-refractivity contribution in [2.24, 2.45) is 0 Å². The molecule has 0 bridgehead atoms. The lowest BCUT2D eigenvalue weighted by molar-refractivity contribution is -0.121. The third-order valence-electron chi connectivity index (χ3n) is 5.36. The maximum atomic E-state index is 12.4. The summed E-state index contributed by atoms with van der Waals surface area (Å²) in [4.78, 5) is 16.8. The molecule has 0 radical (unpaired) electrons. The fourth-order valence-electron chi connectivity index (χ4n) is 3.45. The molecule has 32 heavy (non-hydrogen) atoms. The van der Waals surface area contributed by atoms with Crippen LogP contribution >= 0.6 is 0 Å². The smallest absolute Gasteiger partial charge is 0.227 e. The molecule has 2 aromatic heterocycles. The zero-order valence-corrected chi connectivity index (χ0v) is 18.4. The lowest BCUT2D eigenvalue weighted by Gasteiger charge is -2.10. The van der Waals surface area contributed by atoms with E-state index in [0.29, 0.717) is 37.1 Å². The average Bonchev–Trinajstić information content (AvgIpc) is 3.49. The highest BCUT2D eigenvalue weighted by atomic mass is 16.5. The first-order valence-corrected chi connectivity index (χ1v) is 10.8. The van der Waals surface area contributed by atoms with E-state index < -0.39 is 0 Å². The molecule has 164 valence electrons. The van der Waals surface area contributed by atoms with E-state index in [2.05, 4.69) is 52.6 Å². The highest BCUT2D eigenvalue weighted by Gasteiger charge is 2.12. The number of nitrogens with one attached hydrogen (secondary N) is 1. The van der Waals surface area contributed by atoms with E-state index >= 15 is 0 Å². The Morgan fingerprint density at radius 2 is 1.84 bits per heavy atom. The van der Waals surface area contributed by atoms with Crippen LogP contribution in [0.15, 0.2) is 71.5 Å². The van der Waals surface area contributed by atoms with Crippen molar-refractivity contribution in [2.45, 2.75) is 45.7 Å². The van der Waals surface area contributed by atoms with Gasteiger partial charge in [0.2, 0.25) is 17.6 Å². The van der Waals surface area contributed by atoms with E-state index in [4.69, 9.17) is 4.52 Å². The van der Waals surface area contributed by atoms with Crippen molar-refractivity contribution in [1.82, 2.24) is 25.2 Å². The van der Waals surface area contributed by atoms with Crippen LogP contribution in [0.5, 0.6) is 0 Å². The number of carbonyl (C=O) groups excluding carboxylic acids is 1. The molecule has 2 heterocycles. The lowest BCUT2D eigenvalue weighted by Crippen LogP contribution is -2.24. The van der Waals surface area contributed by atoms with Gasteiger partial charge in [-0.1, -0.05) is 67.5 Å². The van der Waals surface area contributed by atoms with Crippen LogP contribution < -0.4 is 5.32 Å². The second-order valence-corrected chi connectivity index (χ2v) is 8.04. The first-order chi connectivity index (χ1) is 15.6. The number of benzene rings is 2. The number of hydrogen-bond donors (Lipinski definition) is 1. The standard InChI is InChI=1S/C25H27N5O2/c1-18(2)19-8-10-20(11-9-19)25-28-24(32-29-25)13-12-23(31)26-16-21-6-3-4-7-22(21)17-30-15-5-14-27-30/h3-11,14-15,18H,12-13,16-17H2,1-2H3,(H,26,31). The van der Waals surface area contributed by atoms with Crippen molar-refractivity contribution in [2.75, 3.05) is 0 Å². The molecule has 0 saturated carbocycles. The number of hydrogen-bond acceptors (Lipinski definition) is 5. The zero-order chi connectivity index (χ0) is 22.3. The monoisotopic (exact) mass is 429 g/mol. The zero-order valence-electron chi connectivity index (χ0n) is 18.4. The Hall–Kier alpha value is -3.74. The highest BCUT2D eigenvalue weighted by Crippen LogP contribution is 2.20. The van der Waals surface area contributed by atoms with Crippen LogP contribution in [0.1, 0.15) is 48.8 Å².